The summed E-state index contributed by atoms with van der Waals surface area (Å²) < 4.78 is 0. The van der Waals surface area contributed by atoms with Crippen LogP contribution in [0.4, 0.5) is 0 Å². The van der Waals surface area contributed by atoms with Gasteiger partial charge in [0, 0.05) is 0 Å². The minimum absolute atomic E-state index is 0.673. The van der Waals surface area contributed by atoms with Crippen molar-refractivity contribution in [3.63, 3.8) is 0 Å². The highest BCUT2D eigenvalue weighted by Gasteiger charge is 2.30. The maximum absolute atomic E-state index is 2.66. The van der Waals surface area contributed by atoms with Crippen LogP contribution in [0, 0.1) is 0 Å². The molecule has 0 aromatic heterocycles. The SMILES string of the molecule is CB1CCCN(C)C1.CC(C)N(B1CCCN(C)C1)C(C)C. The third-order valence-corrected chi connectivity index (χ3v) is 5.07. The first kappa shape index (κ1) is 20.1. The predicted molar refractivity (Wildman–Crippen MR) is 103 cm³/mol. The molecule has 0 radical (unpaired) electrons. The summed E-state index contributed by atoms with van der Waals surface area (Å²) in [5.74, 6) is 0. The monoisotopic (exact) mass is 307 g/mol. The Morgan fingerprint density at radius 3 is 1.68 bits per heavy atom. The van der Waals surface area contributed by atoms with Gasteiger partial charge in [-0.05, 0) is 65.0 Å². The molecule has 0 atom stereocenters. The fourth-order valence-electron chi connectivity index (χ4n) is 4.25. The van der Waals surface area contributed by atoms with Gasteiger partial charge in [-0.25, -0.2) is 0 Å². The van der Waals surface area contributed by atoms with Crippen molar-refractivity contribution >= 4 is 13.6 Å². The molecule has 0 aliphatic carbocycles. The Kier molecular flexibility index (Phi) is 9.11. The van der Waals surface area contributed by atoms with E-state index in [-0.39, 0.29) is 0 Å². The van der Waals surface area contributed by atoms with Gasteiger partial charge in [-0.3, -0.25) is 0 Å². The predicted octanol–water partition coefficient (Wildman–Crippen LogP) is 2.96. The maximum Gasteiger partial charge on any atom is 0.238 e. The van der Waals surface area contributed by atoms with Gasteiger partial charge in [0.2, 0.25) is 6.85 Å². The zero-order valence-electron chi connectivity index (χ0n) is 16.3. The molecule has 128 valence electrons. The first-order chi connectivity index (χ1) is 10.3. The normalized spacial score (nSPS) is 21.5. The highest BCUT2D eigenvalue weighted by Crippen LogP contribution is 2.17. The van der Waals surface area contributed by atoms with Crippen molar-refractivity contribution in [2.75, 3.05) is 40.1 Å². The number of nitrogens with zero attached hydrogens (tertiary/aromatic N) is 3. The highest BCUT2D eigenvalue weighted by atomic mass is 15.2. The van der Waals surface area contributed by atoms with Crippen LogP contribution in [0.1, 0.15) is 40.5 Å². The standard InChI is InChI=1S/C11H25BN2.C6H14BN/c1-10(2)14(11(3)4)12-7-6-8-13(5)9-12;1-7-4-3-5-8(2)6-7/h10-11H,6-9H2,1-5H3;3-6H2,1-2H3. The molecule has 2 rings (SSSR count). The van der Waals surface area contributed by atoms with E-state index in [4.69, 9.17) is 0 Å². The van der Waals surface area contributed by atoms with E-state index in [1.54, 1.807) is 0 Å². The van der Waals surface area contributed by atoms with E-state index < -0.39 is 0 Å². The van der Waals surface area contributed by atoms with Crippen molar-refractivity contribution in [1.29, 1.82) is 0 Å². The van der Waals surface area contributed by atoms with E-state index in [0.717, 1.165) is 13.6 Å². The second-order valence-corrected chi connectivity index (χ2v) is 8.20. The van der Waals surface area contributed by atoms with Gasteiger partial charge in [0.25, 0.3) is 0 Å². The summed E-state index contributed by atoms with van der Waals surface area (Å²) in [5.41, 5.74) is 0. The van der Waals surface area contributed by atoms with Crippen molar-refractivity contribution in [1.82, 2.24) is 14.6 Å². The van der Waals surface area contributed by atoms with E-state index in [1.165, 1.54) is 51.5 Å². The Bertz CT molecular complexity index is 284. The quantitative estimate of drug-likeness (QED) is 0.742. The van der Waals surface area contributed by atoms with Crippen LogP contribution in [0.3, 0.4) is 0 Å². The fraction of sp³-hybridized carbons (Fsp3) is 1.00. The average Bonchev–Trinajstić information content (AvgIpc) is 2.38. The molecule has 2 heterocycles. The summed E-state index contributed by atoms with van der Waals surface area (Å²) in [7, 11) is 4.45. The van der Waals surface area contributed by atoms with Gasteiger partial charge in [0.1, 0.15) is 0 Å². The minimum atomic E-state index is 0.673. The lowest BCUT2D eigenvalue weighted by atomic mass is 9.47. The molecule has 0 saturated carbocycles. The molecule has 2 saturated heterocycles. The van der Waals surface area contributed by atoms with Crippen LogP contribution < -0.4 is 0 Å². The zero-order valence-corrected chi connectivity index (χ0v) is 16.3. The Morgan fingerprint density at radius 1 is 0.818 bits per heavy atom. The van der Waals surface area contributed by atoms with Crippen LogP contribution in [0.15, 0.2) is 0 Å². The zero-order chi connectivity index (χ0) is 16.7. The first-order valence-corrected chi connectivity index (χ1v) is 9.45. The summed E-state index contributed by atoms with van der Waals surface area (Å²) in [5, 5.41) is 0. The van der Waals surface area contributed by atoms with Gasteiger partial charge in [-0.2, -0.15) is 0 Å². The van der Waals surface area contributed by atoms with Crippen LogP contribution in [-0.4, -0.2) is 80.3 Å². The maximum atomic E-state index is 2.66. The molecule has 2 aliphatic heterocycles. The second-order valence-electron chi connectivity index (χ2n) is 8.20. The molecule has 5 heteroatoms. The molecule has 0 aromatic carbocycles. The lowest BCUT2D eigenvalue weighted by Gasteiger charge is -2.40. The third kappa shape index (κ3) is 7.06. The van der Waals surface area contributed by atoms with Crippen molar-refractivity contribution < 1.29 is 0 Å². The molecule has 0 aromatic rings. The Balaban J connectivity index is 0.000000255. The topological polar surface area (TPSA) is 9.72 Å². The Labute approximate surface area is 141 Å². The first-order valence-electron chi connectivity index (χ1n) is 9.45. The van der Waals surface area contributed by atoms with Crippen molar-refractivity contribution in [3.05, 3.63) is 0 Å². The number of hydrogen-bond donors (Lipinski definition) is 0. The molecule has 2 fully saturated rings. The number of rotatable bonds is 3. The molecule has 22 heavy (non-hydrogen) atoms. The summed E-state index contributed by atoms with van der Waals surface area (Å²) >= 11 is 0. The highest BCUT2D eigenvalue weighted by molar-refractivity contribution is 6.57. The van der Waals surface area contributed by atoms with Gasteiger partial charge in [-0.15, -0.1) is 0 Å². The summed E-state index contributed by atoms with van der Waals surface area (Å²) in [6.07, 6.45) is 8.12. The van der Waals surface area contributed by atoms with E-state index in [2.05, 4.69) is 63.2 Å². The van der Waals surface area contributed by atoms with Gasteiger partial charge < -0.3 is 14.6 Å². The largest absolute Gasteiger partial charge is 0.337 e. The third-order valence-electron chi connectivity index (χ3n) is 5.07. The van der Waals surface area contributed by atoms with Gasteiger partial charge in [0.15, 0.2) is 6.71 Å². The Morgan fingerprint density at radius 2 is 1.32 bits per heavy atom. The van der Waals surface area contributed by atoms with Gasteiger partial charge in [-0.1, -0.05) is 47.2 Å². The van der Waals surface area contributed by atoms with Crippen molar-refractivity contribution in [2.24, 2.45) is 0 Å². The molecule has 0 unspecified atom stereocenters. The van der Waals surface area contributed by atoms with Crippen molar-refractivity contribution in [3.8, 4) is 0 Å². The molecule has 0 bridgehead atoms. The van der Waals surface area contributed by atoms with Gasteiger partial charge >= 0.3 is 0 Å². The van der Waals surface area contributed by atoms with E-state index in [1.807, 2.05) is 0 Å². The molecular weight excluding hydrogens is 268 g/mol. The lowest BCUT2D eigenvalue weighted by molar-refractivity contribution is 0.272. The van der Waals surface area contributed by atoms with E-state index >= 15 is 0 Å². The summed E-state index contributed by atoms with van der Waals surface area (Å²) in [6, 6.07) is 1.35. The van der Waals surface area contributed by atoms with Crippen LogP contribution in [0.2, 0.25) is 19.5 Å². The van der Waals surface area contributed by atoms with Crippen LogP contribution in [0.25, 0.3) is 0 Å². The molecule has 2 aliphatic rings. The van der Waals surface area contributed by atoms with Crippen LogP contribution >= 0.6 is 0 Å². The number of hydrogen-bond acceptors (Lipinski definition) is 3. The van der Waals surface area contributed by atoms with Crippen molar-refractivity contribution in [2.45, 2.75) is 72.1 Å². The fourth-order valence-corrected chi connectivity index (χ4v) is 4.25. The van der Waals surface area contributed by atoms with E-state index in [9.17, 15) is 0 Å². The molecule has 3 nitrogen and oxygen atoms in total. The summed E-state index contributed by atoms with van der Waals surface area (Å²) in [6.45, 7) is 15.9. The lowest BCUT2D eigenvalue weighted by Crippen LogP contribution is -2.55. The van der Waals surface area contributed by atoms with Crippen LogP contribution in [0.5, 0.6) is 0 Å². The van der Waals surface area contributed by atoms with Gasteiger partial charge in [0.05, 0.1) is 0 Å². The average molecular weight is 307 g/mol. The molecule has 0 spiro atoms. The van der Waals surface area contributed by atoms with Crippen LogP contribution in [-0.2, 0) is 0 Å². The second kappa shape index (κ2) is 10.00. The summed E-state index contributed by atoms with van der Waals surface area (Å²) in [4.78, 5) is 7.54. The smallest absolute Gasteiger partial charge is 0.238 e. The Hall–Kier alpha value is 0.00987. The molecule has 0 amide bonds. The molecule has 0 N–H and O–H groups in total. The molecular formula is C17H39B2N3. The minimum Gasteiger partial charge on any atom is -0.337 e. The van der Waals surface area contributed by atoms with E-state index in [0.29, 0.717) is 12.1 Å².